The highest BCUT2D eigenvalue weighted by Gasteiger charge is 2.25. The van der Waals surface area contributed by atoms with Gasteiger partial charge in [0.15, 0.2) is 0 Å². The zero-order valence-corrected chi connectivity index (χ0v) is 15.3. The number of anilines is 2. The zero-order chi connectivity index (χ0) is 19.1. The van der Waals surface area contributed by atoms with Crippen molar-refractivity contribution >= 4 is 22.7 Å². The van der Waals surface area contributed by atoms with Gasteiger partial charge in [-0.15, -0.1) is 5.10 Å². The first kappa shape index (κ1) is 17.0. The number of rotatable bonds is 5. The van der Waals surface area contributed by atoms with Gasteiger partial charge in [-0.2, -0.15) is 10.2 Å². The van der Waals surface area contributed by atoms with E-state index in [-0.39, 0.29) is 12.1 Å². The van der Waals surface area contributed by atoms with Crippen LogP contribution in [0.25, 0.3) is 11.0 Å². The molecule has 0 saturated carbocycles. The van der Waals surface area contributed by atoms with Crippen LogP contribution in [0.5, 0.6) is 5.88 Å². The summed E-state index contributed by atoms with van der Waals surface area (Å²) in [5, 5.41) is 17.9. The van der Waals surface area contributed by atoms with E-state index in [0.29, 0.717) is 55.3 Å². The summed E-state index contributed by atoms with van der Waals surface area (Å²) in [5.74, 6) is 0.898. The summed E-state index contributed by atoms with van der Waals surface area (Å²) in [6.07, 6.45) is 4.40. The fraction of sp³-hybridized carbons (Fsp3) is 0.444. The molecule has 0 aromatic carbocycles. The number of nitrogens with one attached hydrogen (secondary N) is 1. The van der Waals surface area contributed by atoms with Crippen molar-refractivity contribution in [2.45, 2.75) is 18.6 Å². The lowest BCUT2D eigenvalue weighted by Gasteiger charge is -2.25. The summed E-state index contributed by atoms with van der Waals surface area (Å²) in [4.78, 5) is 9.05. The molecule has 2 fully saturated rings. The van der Waals surface area contributed by atoms with Crippen LogP contribution in [0.3, 0.4) is 0 Å². The number of fused-ring (bicyclic) bond motifs is 1. The van der Waals surface area contributed by atoms with Gasteiger partial charge in [-0.25, -0.2) is 4.98 Å². The van der Waals surface area contributed by atoms with Crippen molar-refractivity contribution in [3.05, 3.63) is 24.2 Å². The van der Waals surface area contributed by atoms with Crippen LogP contribution >= 0.6 is 0 Å². The first-order chi connectivity index (χ1) is 13.7. The Labute approximate surface area is 160 Å². The summed E-state index contributed by atoms with van der Waals surface area (Å²) in [5.41, 5.74) is 1.95. The second-order valence-corrected chi connectivity index (χ2v) is 6.93. The molecule has 5 rings (SSSR count). The van der Waals surface area contributed by atoms with Gasteiger partial charge in [0.1, 0.15) is 29.2 Å². The lowest BCUT2D eigenvalue weighted by atomic mass is 10.2. The molecule has 144 valence electrons. The molecule has 5 heterocycles. The molecule has 3 aromatic heterocycles. The van der Waals surface area contributed by atoms with E-state index in [0.717, 1.165) is 11.8 Å². The van der Waals surface area contributed by atoms with E-state index in [4.69, 9.17) is 14.2 Å². The highest BCUT2D eigenvalue weighted by atomic mass is 16.6. The van der Waals surface area contributed by atoms with E-state index in [1.165, 1.54) is 0 Å². The number of nitriles is 1. The highest BCUT2D eigenvalue weighted by Crippen LogP contribution is 2.30. The van der Waals surface area contributed by atoms with E-state index in [1.807, 2.05) is 23.9 Å². The van der Waals surface area contributed by atoms with E-state index >= 15 is 0 Å². The smallest absolute Gasteiger partial charge is 0.257 e. The number of hydrogen-bond acceptors (Lipinski definition) is 8. The molecule has 0 amide bonds. The van der Waals surface area contributed by atoms with Crippen LogP contribution in [0.15, 0.2) is 18.5 Å². The van der Waals surface area contributed by atoms with Gasteiger partial charge in [-0.05, 0) is 12.5 Å². The minimum absolute atomic E-state index is 0.0108. The van der Waals surface area contributed by atoms with Crippen molar-refractivity contribution in [1.29, 1.82) is 5.26 Å². The molecule has 1 atom stereocenters. The Bertz CT molecular complexity index is 1060. The molecule has 0 spiro atoms. The minimum Gasteiger partial charge on any atom is -0.467 e. The fourth-order valence-corrected chi connectivity index (χ4v) is 3.45. The van der Waals surface area contributed by atoms with Crippen LogP contribution in [0.1, 0.15) is 18.2 Å². The predicted molar refractivity (Wildman–Crippen MR) is 98.4 cm³/mol. The van der Waals surface area contributed by atoms with Gasteiger partial charge in [0.05, 0.1) is 32.1 Å². The molecule has 0 aliphatic carbocycles. The first-order valence-electron chi connectivity index (χ1n) is 9.12. The molecule has 2 aliphatic heterocycles. The Kier molecular flexibility index (Phi) is 4.11. The van der Waals surface area contributed by atoms with Crippen LogP contribution in [-0.2, 0) is 16.5 Å². The number of aryl methyl sites for hydroxylation is 1. The molecular formula is C18H19N7O3. The van der Waals surface area contributed by atoms with Gasteiger partial charge >= 0.3 is 0 Å². The Morgan fingerprint density at radius 1 is 1.32 bits per heavy atom. The quantitative estimate of drug-likeness (QED) is 0.708. The zero-order valence-electron chi connectivity index (χ0n) is 15.3. The molecule has 10 nitrogen and oxygen atoms in total. The Morgan fingerprint density at radius 3 is 2.93 bits per heavy atom. The van der Waals surface area contributed by atoms with Gasteiger partial charge in [-0.3, -0.25) is 4.68 Å². The molecule has 10 heteroatoms. The monoisotopic (exact) mass is 381 g/mol. The van der Waals surface area contributed by atoms with Gasteiger partial charge in [0.25, 0.3) is 5.88 Å². The van der Waals surface area contributed by atoms with Crippen LogP contribution in [0.2, 0.25) is 0 Å². The third-order valence-electron chi connectivity index (χ3n) is 4.89. The van der Waals surface area contributed by atoms with Crippen molar-refractivity contribution in [3.63, 3.8) is 0 Å². The second kappa shape index (κ2) is 6.78. The minimum atomic E-state index is 0.0108. The Hall–Kier alpha value is -3.16. The van der Waals surface area contributed by atoms with Crippen molar-refractivity contribution in [2.24, 2.45) is 7.05 Å². The SMILES string of the molecule is Cn1cc(Nc2ncc3cc(C#N)n([C@H]4CCOC4)c3n2)c(OC2COC2)n1. The largest absolute Gasteiger partial charge is 0.467 e. The Morgan fingerprint density at radius 2 is 2.21 bits per heavy atom. The third-order valence-corrected chi connectivity index (χ3v) is 4.89. The van der Waals surface area contributed by atoms with Gasteiger partial charge in [-0.1, -0.05) is 0 Å². The summed E-state index contributed by atoms with van der Waals surface area (Å²) in [6, 6.07) is 4.17. The van der Waals surface area contributed by atoms with Crippen molar-refractivity contribution in [1.82, 2.24) is 24.3 Å². The predicted octanol–water partition coefficient (Wildman–Crippen LogP) is 1.52. The van der Waals surface area contributed by atoms with E-state index < -0.39 is 0 Å². The van der Waals surface area contributed by atoms with Crippen LogP contribution < -0.4 is 10.1 Å². The average molecular weight is 381 g/mol. The number of hydrogen-bond donors (Lipinski definition) is 1. The summed E-state index contributed by atoms with van der Waals surface area (Å²) < 4.78 is 20.1. The van der Waals surface area contributed by atoms with E-state index in [1.54, 1.807) is 10.9 Å². The van der Waals surface area contributed by atoms with Crippen LogP contribution in [0, 0.1) is 11.3 Å². The van der Waals surface area contributed by atoms with Crippen molar-refractivity contribution < 1.29 is 14.2 Å². The van der Waals surface area contributed by atoms with Crippen LogP contribution in [0.4, 0.5) is 11.6 Å². The molecule has 2 aliphatic rings. The topological polar surface area (TPSA) is 112 Å². The maximum Gasteiger partial charge on any atom is 0.257 e. The lowest BCUT2D eigenvalue weighted by Crippen LogP contribution is -2.38. The fourth-order valence-electron chi connectivity index (χ4n) is 3.45. The maximum absolute atomic E-state index is 9.52. The van der Waals surface area contributed by atoms with Crippen molar-refractivity contribution in [3.8, 4) is 11.9 Å². The maximum atomic E-state index is 9.52. The average Bonchev–Trinajstić information content (AvgIpc) is 3.36. The normalized spacial score (nSPS) is 19.5. The summed E-state index contributed by atoms with van der Waals surface area (Å²) in [6.45, 7) is 2.39. The lowest BCUT2D eigenvalue weighted by molar-refractivity contribution is -0.0812. The third kappa shape index (κ3) is 2.94. The van der Waals surface area contributed by atoms with Gasteiger partial charge in [0.2, 0.25) is 5.95 Å². The van der Waals surface area contributed by atoms with Crippen molar-refractivity contribution in [2.75, 3.05) is 31.7 Å². The van der Waals surface area contributed by atoms with E-state index in [9.17, 15) is 5.26 Å². The molecular weight excluding hydrogens is 362 g/mol. The van der Waals surface area contributed by atoms with E-state index in [2.05, 4.69) is 26.5 Å². The van der Waals surface area contributed by atoms with Gasteiger partial charge < -0.3 is 24.1 Å². The highest BCUT2D eigenvalue weighted by molar-refractivity contribution is 5.79. The number of ether oxygens (including phenoxy) is 3. The molecule has 0 unspecified atom stereocenters. The molecule has 28 heavy (non-hydrogen) atoms. The molecule has 3 aromatic rings. The number of aromatic nitrogens is 5. The molecule has 1 N–H and O–H groups in total. The molecule has 2 saturated heterocycles. The second-order valence-electron chi connectivity index (χ2n) is 6.93. The number of nitrogens with zero attached hydrogens (tertiary/aromatic N) is 6. The molecule has 0 radical (unpaired) electrons. The first-order valence-corrected chi connectivity index (χ1v) is 9.12. The summed E-state index contributed by atoms with van der Waals surface area (Å²) in [7, 11) is 1.82. The Balaban J connectivity index is 1.48. The summed E-state index contributed by atoms with van der Waals surface area (Å²) >= 11 is 0. The molecule has 0 bridgehead atoms. The van der Waals surface area contributed by atoms with Gasteiger partial charge in [0, 0.05) is 25.2 Å². The van der Waals surface area contributed by atoms with Crippen LogP contribution in [-0.4, -0.2) is 56.8 Å². The standard InChI is InChI=1S/C18H19N7O3/c1-24-7-15(17(23-24)28-14-9-27-10-14)21-18-20-6-11-4-13(5-19)25(16(11)22-18)12-2-3-26-8-12/h4,6-7,12,14H,2-3,8-10H2,1H3,(H,20,21,22)/t12-/m0/s1.